The zero-order valence-electron chi connectivity index (χ0n) is 17.1. The molecule has 0 bridgehead atoms. The van der Waals surface area contributed by atoms with Crippen molar-refractivity contribution in [3.8, 4) is 9.75 Å². The van der Waals surface area contributed by atoms with E-state index in [0.29, 0.717) is 29.1 Å². The van der Waals surface area contributed by atoms with Gasteiger partial charge in [-0.15, -0.1) is 22.7 Å². The van der Waals surface area contributed by atoms with Crippen molar-refractivity contribution in [1.29, 1.82) is 0 Å². The van der Waals surface area contributed by atoms with Gasteiger partial charge in [0.15, 0.2) is 0 Å². The van der Waals surface area contributed by atoms with E-state index in [1.165, 1.54) is 28.7 Å². The minimum Gasteiger partial charge on any atom is -0.399 e. The summed E-state index contributed by atoms with van der Waals surface area (Å²) >= 11 is 2.72. The van der Waals surface area contributed by atoms with E-state index >= 15 is 0 Å². The van der Waals surface area contributed by atoms with Gasteiger partial charge in [0.2, 0.25) is 0 Å². The summed E-state index contributed by atoms with van der Waals surface area (Å²) in [5.74, 6) is -2.37. The number of amides is 2. The highest BCUT2D eigenvalue weighted by atomic mass is 32.1. The van der Waals surface area contributed by atoms with E-state index in [0.717, 1.165) is 33.1 Å². The molecule has 0 radical (unpaired) electrons. The number of nitrogen functional groups attached to an aromatic ring is 1. The summed E-state index contributed by atoms with van der Waals surface area (Å²) < 4.78 is 27.9. The molecule has 3 N–H and O–H groups in total. The standard InChI is InChI=1S/C24H17F2N3O2S2/c25-16-2-1-3-17(26)20(16)28-23(30)19-12-14-8-10-29(18-9-11-32-22(18)21(14)33-19)24(31)13-4-6-15(27)7-5-13/h1-7,9,11-12H,8,10,27H2,(H,28,30). The Balaban J connectivity index is 1.45. The van der Waals surface area contributed by atoms with Gasteiger partial charge in [-0.05, 0) is 65.9 Å². The Kier molecular flexibility index (Phi) is 5.43. The van der Waals surface area contributed by atoms with Crippen LogP contribution in [0.15, 0.2) is 60.0 Å². The maximum atomic E-state index is 13.9. The van der Waals surface area contributed by atoms with Crippen molar-refractivity contribution >= 4 is 51.6 Å². The summed E-state index contributed by atoms with van der Waals surface area (Å²) in [6.07, 6.45) is 0.537. The van der Waals surface area contributed by atoms with E-state index in [4.69, 9.17) is 5.73 Å². The number of nitrogens with zero attached hydrogens (tertiary/aromatic N) is 1. The number of rotatable bonds is 3. The van der Waals surface area contributed by atoms with E-state index in [2.05, 4.69) is 5.32 Å². The van der Waals surface area contributed by atoms with Gasteiger partial charge in [-0.2, -0.15) is 0 Å². The van der Waals surface area contributed by atoms with E-state index < -0.39 is 23.2 Å². The topological polar surface area (TPSA) is 75.4 Å². The van der Waals surface area contributed by atoms with Gasteiger partial charge in [0.1, 0.15) is 17.3 Å². The van der Waals surface area contributed by atoms with Crippen molar-refractivity contribution in [2.45, 2.75) is 6.42 Å². The van der Waals surface area contributed by atoms with Crippen molar-refractivity contribution in [3.63, 3.8) is 0 Å². The first-order valence-corrected chi connectivity index (χ1v) is 11.8. The van der Waals surface area contributed by atoms with E-state index in [1.54, 1.807) is 35.2 Å². The average Bonchev–Trinajstić information content (AvgIpc) is 3.42. The lowest BCUT2D eigenvalue weighted by atomic mass is 10.1. The molecule has 3 heterocycles. The molecule has 0 unspecified atom stereocenters. The SMILES string of the molecule is Nc1ccc(C(=O)N2CCc3cc(C(=O)Nc4c(F)cccc4F)sc3-c3sccc32)cc1. The molecule has 0 saturated heterocycles. The summed E-state index contributed by atoms with van der Waals surface area (Å²) in [7, 11) is 0. The molecule has 4 aromatic rings. The summed E-state index contributed by atoms with van der Waals surface area (Å²) in [6.45, 7) is 0.430. The molecule has 2 aromatic carbocycles. The van der Waals surface area contributed by atoms with Crippen molar-refractivity contribution in [2.24, 2.45) is 0 Å². The molecule has 33 heavy (non-hydrogen) atoms. The molecule has 0 fully saturated rings. The minimum atomic E-state index is -0.834. The van der Waals surface area contributed by atoms with Gasteiger partial charge in [-0.3, -0.25) is 9.59 Å². The molecule has 2 aromatic heterocycles. The number of thiophene rings is 2. The van der Waals surface area contributed by atoms with Crippen LogP contribution in [0.5, 0.6) is 0 Å². The zero-order valence-corrected chi connectivity index (χ0v) is 18.7. The maximum absolute atomic E-state index is 13.9. The first kappa shape index (κ1) is 21.3. The number of nitrogens with two attached hydrogens (primary N) is 1. The van der Waals surface area contributed by atoms with Crippen molar-refractivity contribution in [2.75, 3.05) is 22.5 Å². The molecule has 5 rings (SSSR count). The van der Waals surface area contributed by atoms with Crippen LogP contribution in [0.1, 0.15) is 25.6 Å². The van der Waals surface area contributed by atoms with Crippen molar-refractivity contribution < 1.29 is 18.4 Å². The fourth-order valence-corrected chi connectivity index (χ4v) is 5.93. The number of hydrogen-bond donors (Lipinski definition) is 2. The van der Waals surface area contributed by atoms with Crippen LogP contribution in [-0.2, 0) is 6.42 Å². The second-order valence-corrected chi connectivity index (χ2v) is 9.45. The maximum Gasteiger partial charge on any atom is 0.265 e. The van der Waals surface area contributed by atoms with Gasteiger partial charge in [0, 0.05) is 17.8 Å². The average molecular weight is 482 g/mol. The van der Waals surface area contributed by atoms with Crippen LogP contribution in [0, 0.1) is 11.6 Å². The minimum absolute atomic E-state index is 0.127. The summed E-state index contributed by atoms with van der Waals surface area (Å²) in [5.41, 5.74) is 8.08. The second-order valence-electron chi connectivity index (χ2n) is 7.48. The largest absolute Gasteiger partial charge is 0.399 e. The Morgan fingerprint density at radius 1 is 1.00 bits per heavy atom. The third-order valence-corrected chi connectivity index (χ3v) is 7.63. The number of anilines is 3. The number of carbonyl (C=O) groups excluding carboxylic acids is 2. The molecule has 0 aliphatic carbocycles. The molecule has 0 atom stereocenters. The van der Waals surface area contributed by atoms with Gasteiger partial charge < -0.3 is 16.0 Å². The summed E-state index contributed by atoms with van der Waals surface area (Å²) in [5, 5.41) is 4.24. The lowest BCUT2D eigenvalue weighted by Gasteiger charge is -2.21. The van der Waals surface area contributed by atoms with Crippen molar-refractivity contribution in [1.82, 2.24) is 0 Å². The highest BCUT2D eigenvalue weighted by Gasteiger charge is 2.29. The molecule has 0 spiro atoms. The van der Waals surface area contributed by atoms with Crippen LogP contribution in [0.2, 0.25) is 0 Å². The van der Waals surface area contributed by atoms with Gasteiger partial charge in [0.25, 0.3) is 11.8 Å². The Hall–Kier alpha value is -3.56. The fraction of sp³-hybridized carbons (Fsp3) is 0.0833. The number of fused-ring (bicyclic) bond motifs is 3. The Morgan fingerprint density at radius 2 is 1.73 bits per heavy atom. The molecule has 9 heteroatoms. The lowest BCUT2D eigenvalue weighted by Crippen LogP contribution is -2.32. The van der Waals surface area contributed by atoms with Crippen LogP contribution in [-0.4, -0.2) is 18.4 Å². The number of halogens is 2. The van der Waals surface area contributed by atoms with Crippen LogP contribution in [0.3, 0.4) is 0 Å². The van der Waals surface area contributed by atoms with E-state index in [9.17, 15) is 18.4 Å². The first-order valence-electron chi connectivity index (χ1n) is 10.1. The van der Waals surface area contributed by atoms with Gasteiger partial charge in [-0.1, -0.05) is 6.07 Å². The first-order chi connectivity index (χ1) is 15.9. The normalized spacial score (nSPS) is 12.6. The molecule has 1 aliphatic rings. The predicted molar refractivity (Wildman–Crippen MR) is 128 cm³/mol. The van der Waals surface area contributed by atoms with Gasteiger partial charge in [-0.25, -0.2) is 8.78 Å². The molecular formula is C24H17F2N3O2S2. The number of hydrogen-bond acceptors (Lipinski definition) is 5. The highest BCUT2D eigenvalue weighted by Crippen LogP contribution is 2.45. The van der Waals surface area contributed by atoms with E-state index in [1.807, 2.05) is 11.4 Å². The molecule has 1 aliphatic heterocycles. The van der Waals surface area contributed by atoms with Crippen LogP contribution in [0.25, 0.3) is 9.75 Å². The molecular weight excluding hydrogens is 464 g/mol. The lowest BCUT2D eigenvalue weighted by molar-refractivity contribution is 0.0985. The van der Waals surface area contributed by atoms with Gasteiger partial charge in [0.05, 0.1) is 20.3 Å². The number of benzene rings is 2. The summed E-state index contributed by atoms with van der Waals surface area (Å²) in [4.78, 5) is 29.8. The highest BCUT2D eigenvalue weighted by molar-refractivity contribution is 7.23. The molecule has 2 amide bonds. The number of para-hydroxylation sites is 1. The van der Waals surface area contributed by atoms with Crippen molar-refractivity contribution in [3.05, 3.63) is 87.6 Å². The second kappa shape index (κ2) is 8.42. The molecule has 0 saturated carbocycles. The fourth-order valence-electron chi connectivity index (χ4n) is 3.74. The Labute approximate surface area is 196 Å². The monoisotopic (exact) mass is 481 g/mol. The van der Waals surface area contributed by atoms with Gasteiger partial charge >= 0.3 is 0 Å². The summed E-state index contributed by atoms with van der Waals surface area (Å²) in [6, 6.07) is 13.8. The van der Waals surface area contributed by atoms with E-state index in [-0.39, 0.29) is 5.91 Å². The third-order valence-electron chi connectivity index (χ3n) is 5.38. The molecule has 166 valence electrons. The van der Waals surface area contributed by atoms with Crippen LogP contribution < -0.4 is 16.0 Å². The third kappa shape index (κ3) is 3.90. The number of carbonyl (C=O) groups is 2. The van der Waals surface area contributed by atoms with Crippen LogP contribution >= 0.6 is 22.7 Å². The Bertz CT molecular complexity index is 1360. The molecule has 5 nitrogen and oxygen atoms in total. The van der Waals surface area contributed by atoms with Crippen LogP contribution in [0.4, 0.5) is 25.8 Å². The number of nitrogens with one attached hydrogen (secondary N) is 1. The zero-order chi connectivity index (χ0) is 23.1. The smallest absolute Gasteiger partial charge is 0.265 e. The predicted octanol–water partition coefficient (Wildman–Crippen LogP) is 5.79. The quantitative estimate of drug-likeness (QED) is 0.364. The Morgan fingerprint density at radius 3 is 2.45 bits per heavy atom.